The minimum Gasteiger partial charge on any atom is -0.473 e. The van der Waals surface area contributed by atoms with Gasteiger partial charge in [-0.05, 0) is 55.7 Å². The SMILES string of the molecule is C(#Cc1ccc(OC23CCCC(CC2)N3)cc1)c1ccccc1. The van der Waals surface area contributed by atoms with Gasteiger partial charge in [-0.2, -0.15) is 0 Å². The fourth-order valence-electron chi connectivity index (χ4n) is 3.60. The van der Waals surface area contributed by atoms with Crippen LogP contribution in [-0.4, -0.2) is 11.8 Å². The summed E-state index contributed by atoms with van der Waals surface area (Å²) in [5, 5.41) is 3.66. The second-order valence-electron chi connectivity index (χ2n) is 6.51. The first kappa shape index (κ1) is 14.4. The van der Waals surface area contributed by atoms with Gasteiger partial charge in [0.2, 0.25) is 0 Å². The molecule has 0 aliphatic carbocycles. The highest BCUT2D eigenvalue weighted by atomic mass is 16.5. The maximum Gasteiger partial charge on any atom is 0.161 e. The van der Waals surface area contributed by atoms with Gasteiger partial charge in [-0.1, -0.05) is 30.0 Å². The molecular formula is C21H21NO. The lowest BCUT2D eigenvalue weighted by Crippen LogP contribution is -2.50. The van der Waals surface area contributed by atoms with Gasteiger partial charge < -0.3 is 4.74 Å². The van der Waals surface area contributed by atoms with Gasteiger partial charge in [0.25, 0.3) is 0 Å². The summed E-state index contributed by atoms with van der Waals surface area (Å²) < 4.78 is 6.29. The van der Waals surface area contributed by atoms with Crippen LogP contribution in [0.1, 0.15) is 43.2 Å². The predicted molar refractivity (Wildman–Crippen MR) is 92.2 cm³/mol. The summed E-state index contributed by atoms with van der Waals surface area (Å²) in [6.07, 6.45) is 6.02. The number of ether oxygens (including phenoxy) is 1. The molecule has 2 heterocycles. The fraction of sp³-hybridized carbons (Fsp3) is 0.333. The maximum atomic E-state index is 6.29. The van der Waals surface area contributed by atoms with E-state index in [1.165, 1.54) is 19.3 Å². The van der Waals surface area contributed by atoms with Crippen molar-refractivity contribution in [2.75, 3.05) is 0 Å². The number of fused-ring (bicyclic) bond motifs is 2. The van der Waals surface area contributed by atoms with Crippen LogP contribution in [0.3, 0.4) is 0 Å². The van der Waals surface area contributed by atoms with E-state index in [2.05, 4.69) is 17.2 Å². The van der Waals surface area contributed by atoms with Gasteiger partial charge in [0, 0.05) is 30.0 Å². The molecule has 2 atom stereocenters. The van der Waals surface area contributed by atoms with Crippen molar-refractivity contribution in [2.45, 2.75) is 43.9 Å². The van der Waals surface area contributed by atoms with Gasteiger partial charge in [-0.3, -0.25) is 5.32 Å². The Balaban J connectivity index is 1.45. The van der Waals surface area contributed by atoms with E-state index in [1.807, 2.05) is 54.6 Å². The molecule has 2 nitrogen and oxygen atoms in total. The van der Waals surface area contributed by atoms with Crippen molar-refractivity contribution in [2.24, 2.45) is 0 Å². The molecule has 116 valence electrons. The molecule has 0 radical (unpaired) electrons. The molecule has 2 aromatic carbocycles. The standard InChI is InChI=1S/C21H21NO/c1-2-5-17(6-3-1)8-9-18-10-12-20(13-11-18)23-21-15-4-7-19(22-21)14-16-21/h1-3,5-6,10-13,19,22H,4,7,14-16H2. The summed E-state index contributed by atoms with van der Waals surface area (Å²) in [6.45, 7) is 0. The molecule has 2 bridgehead atoms. The lowest BCUT2D eigenvalue weighted by Gasteiger charge is -2.35. The smallest absolute Gasteiger partial charge is 0.161 e. The molecule has 0 saturated carbocycles. The van der Waals surface area contributed by atoms with Gasteiger partial charge in [0.1, 0.15) is 5.75 Å². The molecule has 0 amide bonds. The first-order valence-electron chi connectivity index (χ1n) is 8.45. The Morgan fingerprint density at radius 3 is 2.39 bits per heavy atom. The van der Waals surface area contributed by atoms with E-state index in [4.69, 9.17) is 4.74 Å². The third-order valence-electron chi connectivity index (χ3n) is 4.79. The normalized spacial score (nSPS) is 25.5. The number of hydrogen-bond acceptors (Lipinski definition) is 2. The van der Waals surface area contributed by atoms with E-state index in [1.54, 1.807) is 0 Å². The highest BCUT2D eigenvalue weighted by molar-refractivity contribution is 5.44. The fourth-order valence-corrected chi connectivity index (χ4v) is 3.60. The third-order valence-corrected chi connectivity index (χ3v) is 4.79. The molecule has 2 unspecified atom stereocenters. The molecule has 2 heteroatoms. The topological polar surface area (TPSA) is 21.3 Å². The summed E-state index contributed by atoms with van der Waals surface area (Å²) in [5.74, 6) is 7.32. The van der Waals surface area contributed by atoms with E-state index in [-0.39, 0.29) is 5.72 Å². The predicted octanol–water partition coefficient (Wildman–Crippen LogP) is 4.10. The molecule has 2 aliphatic heterocycles. The van der Waals surface area contributed by atoms with Crippen LogP contribution in [-0.2, 0) is 0 Å². The number of benzene rings is 2. The monoisotopic (exact) mass is 303 g/mol. The van der Waals surface area contributed by atoms with Gasteiger partial charge in [-0.15, -0.1) is 0 Å². The minimum absolute atomic E-state index is 0.125. The maximum absolute atomic E-state index is 6.29. The second kappa shape index (κ2) is 6.10. The van der Waals surface area contributed by atoms with E-state index in [0.717, 1.165) is 29.7 Å². The minimum atomic E-state index is -0.125. The van der Waals surface area contributed by atoms with E-state index >= 15 is 0 Å². The van der Waals surface area contributed by atoms with Crippen LogP contribution in [0, 0.1) is 11.8 Å². The van der Waals surface area contributed by atoms with Gasteiger partial charge >= 0.3 is 0 Å². The Bertz CT molecular complexity index is 722. The number of nitrogens with one attached hydrogen (secondary N) is 1. The number of piperidine rings is 1. The van der Waals surface area contributed by atoms with Gasteiger partial charge in [-0.25, -0.2) is 0 Å². The Morgan fingerprint density at radius 1 is 0.870 bits per heavy atom. The third kappa shape index (κ3) is 3.25. The Labute approximate surface area is 137 Å². The van der Waals surface area contributed by atoms with E-state index in [9.17, 15) is 0 Å². The second-order valence-corrected chi connectivity index (χ2v) is 6.51. The number of hydrogen-bond donors (Lipinski definition) is 1. The van der Waals surface area contributed by atoms with E-state index in [0.29, 0.717) is 6.04 Å². The highest BCUT2D eigenvalue weighted by Gasteiger charge is 2.43. The summed E-state index contributed by atoms with van der Waals surface area (Å²) in [6, 6.07) is 18.9. The van der Waals surface area contributed by atoms with Crippen LogP contribution in [0.4, 0.5) is 0 Å². The van der Waals surface area contributed by atoms with E-state index < -0.39 is 0 Å². The number of rotatable bonds is 2. The van der Waals surface area contributed by atoms with Crippen LogP contribution in [0.25, 0.3) is 0 Å². The zero-order valence-electron chi connectivity index (χ0n) is 13.2. The quantitative estimate of drug-likeness (QED) is 0.844. The summed E-state index contributed by atoms with van der Waals surface area (Å²) in [4.78, 5) is 0. The first-order chi connectivity index (χ1) is 11.3. The average Bonchev–Trinajstić information content (AvgIpc) is 2.89. The average molecular weight is 303 g/mol. The molecule has 1 N–H and O–H groups in total. The van der Waals surface area contributed by atoms with Crippen molar-refractivity contribution in [1.82, 2.24) is 5.32 Å². The summed E-state index contributed by atoms with van der Waals surface area (Å²) in [5.41, 5.74) is 1.93. The van der Waals surface area contributed by atoms with Gasteiger partial charge in [0.15, 0.2) is 5.72 Å². The Kier molecular flexibility index (Phi) is 3.81. The molecule has 0 spiro atoms. The molecule has 2 aromatic rings. The van der Waals surface area contributed by atoms with Gasteiger partial charge in [0.05, 0.1) is 0 Å². The zero-order chi connectivity index (χ0) is 15.5. The van der Waals surface area contributed by atoms with Crippen molar-refractivity contribution in [3.05, 3.63) is 65.7 Å². The van der Waals surface area contributed by atoms with Crippen LogP contribution < -0.4 is 10.1 Å². The first-order valence-corrected chi connectivity index (χ1v) is 8.45. The Morgan fingerprint density at radius 2 is 1.61 bits per heavy atom. The van der Waals surface area contributed by atoms with Crippen LogP contribution >= 0.6 is 0 Å². The molecule has 4 rings (SSSR count). The molecule has 0 aromatic heterocycles. The largest absolute Gasteiger partial charge is 0.473 e. The van der Waals surface area contributed by atoms with Crippen molar-refractivity contribution >= 4 is 0 Å². The van der Waals surface area contributed by atoms with Crippen LogP contribution in [0.15, 0.2) is 54.6 Å². The van der Waals surface area contributed by atoms with Crippen LogP contribution in [0.2, 0.25) is 0 Å². The van der Waals surface area contributed by atoms with Crippen molar-refractivity contribution < 1.29 is 4.74 Å². The van der Waals surface area contributed by atoms with Crippen LogP contribution in [0.5, 0.6) is 5.75 Å². The summed E-state index contributed by atoms with van der Waals surface area (Å²) >= 11 is 0. The summed E-state index contributed by atoms with van der Waals surface area (Å²) in [7, 11) is 0. The van der Waals surface area contributed by atoms with Crippen molar-refractivity contribution in [3.8, 4) is 17.6 Å². The molecule has 2 aliphatic rings. The van der Waals surface area contributed by atoms with Crippen molar-refractivity contribution in [1.29, 1.82) is 0 Å². The zero-order valence-corrected chi connectivity index (χ0v) is 13.2. The molecule has 2 fully saturated rings. The molecule has 23 heavy (non-hydrogen) atoms. The van der Waals surface area contributed by atoms with Crippen molar-refractivity contribution in [3.63, 3.8) is 0 Å². The molecule has 2 saturated heterocycles. The lowest BCUT2D eigenvalue weighted by atomic mass is 10.0. The highest BCUT2D eigenvalue weighted by Crippen LogP contribution is 2.37. The molecular weight excluding hydrogens is 282 g/mol. The lowest BCUT2D eigenvalue weighted by molar-refractivity contribution is 0.0236. The Hall–Kier alpha value is -2.24.